The molecular weight excluding hydrogens is 451 g/mol. The van der Waals surface area contributed by atoms with Gasteiger partial charge in [0.25, 0.3) is 5.91 Å². The Hall–Kier alpha value is -3.18. The molecule has 0 saturated carbocycles. The highest BCUT2D eigenvalue weighted by Gasteiger charge is 2.34. The summed E-state index contributed by atoms with van der Waals surface area (Å²) in [6.45, 7) is 5.51. The molecule has 1 saturated heterocycles. The predicted octanol–water partition coefficient (Wildman–Crippen LogP) is 3.71. The fraction of sp³-hybridized carbons (Fsp3) is 0.435. The number of ether oxygens (including phenoxy) is 1. The lowest BCUT2D eigenvalue weighted by Gasteiger charge is -2.37. The van der Waals surface area contributed by atoms with Gasteiger partial charge in [0.1, 0.15) is 17.0 Å². The van der Waals surface area contributed by atoms with Crippen LogP contribution in [-0.2, 0) is 6.18 Å². The highest BCUT2D eigenvalue weighted by atomic mass is 19.4. The van der Waals surface area contributed by atoms with Gasteiger partial charge in [-0.2, -0.15) is 13.2 Å². The van der Waals surface area contributed by atoms with E-state index in [0.29, 0.717) is 24.0 Å². The maximum absolute atomic E-state index is 13.3. The average Bonchev–Trinajstić information content (AvgIpc) is 3.24. The van der Waals surface area contributed by atoms with Gasteiger partial charge in [-0.1, -0.05) is 0 Å². The van der Waals surface area contributed by atoms with Crippen LogP contribution in [0.25, 0.3) is 22.4 Å². The van der Waals surface area contributed by atoms with Gasteiger partial charge in [0, 0.05) is 36.6 Å². The maximum atomic E-state index is 13.3. The Morgan fingerprint density at radius 2 is 1.97 bits per heavy atom. The zero-order valence-corrected chi connectivity index (χ0v) is 19.3. The standard InChI is InChI=1S/C23H26F3N5O3/c1-12-11-31(10-9-30(12)3)22(32)19-20(13(2)27)34-21(29-19)15-5-7-16(33-4)18-14(15)6-8-17(28-18)23(24,25)26/h5-8,12-13H,9-11,27H2,1-4H3/t12-,13-/m0/s1. The third-order valence-corrected chi connectivity index (χ3v) is 6.08. The molecule has 1 fully saturated rings. The molecule has 0 aliphatic carbocycles. The second-order valence-corrected chi connectivity index (χ2v) is 8.51. The molecule has 2 N–H and O–H groups in total. The number of likely N-dealkylation sites (N-methyl/N-ethyl adjacent to an activating group) is 1. The van der Waals surface area contributed by atoms with E-state index in [4.69, 9.17) is 14.9 Å². The van der Waals surface area contributed by atoms with Gasteiger partial charge in [-0.25, -0.2) is 9.97 Å². The quantitative estimate of drug-likeness (QED) is 0.612. The van der Waals surface area contributed by atoms with Gasteiger partial charge in [-0.3, -0.25) is 4.79 Å². The highest BCUT2D eigenvalue weighted by Crippen LogP contribution is 2.37. The van der Waals surface area contributed by atoms with E-state index in [-0.39, 0.29) is 40.6 Å². The van der Waals surface area contributed by atoms with Gasteiger partial charge < -0.3 is 24.7 Å². The summed E-state index contributed by atoms with van der Waals surface area (Å²) in [4.78, 5) is 25.4. The predicted molar refractivity (Wildman–Crippen MR) is 119 cm³/mol. The van der Waals surface area contributed by atoms with Gasteiger partial charge in [0.05, 0.1) is 13.2 Å². The number of fused-ring (bicyclic) bond motifs is 1. The lowest BCUT2D eigenvalue weighted by atomic mass is 10.1. The molecule has 1 aliphatic rings. The van der Waals surface area contributed by atoms with Crippen LogP contribution < -0.4 is 10.5 Å². The first-order valence-electron chi connectivity index (χ1n) is 10.8. The number of alkyl halides is 3. The number of rotatable bonds is 4. The highest BCUT2D eigenvalue weighted by molar-refractivity contribution is 5.98. The Morgan fingerprint density at radius 3 is 2.59 bits per heavy atom. The van der Waals surface area contributed by atoms with Crippen molar-refractivity contribution in [3.8, 4) is 17.2 Å². The minimum absolute atomic E-state index is 0.0103. The topological polar surface area (TPSA) is 97.7 Å². The van der Waals surface area contributed by atoms with Gasteiger partial charge in [-0.15, -0.1) is 0 Å². The van der Waals surface area contributed by atoms with Crippen molar-refractivity contribution < 1.29 is 27.1 Å². The third kappa shape index (κ3) is 4.32. The van der Waals surface area contributed by atoms with Gasteiger partial charge in [-0.05, 0) is 45.2 Å². The smallest absolute Gasteiger partial charge is 0.433 e. The van der Waals surface area contributed by atoms with Crippen LogP contribution in [0.3, 0.4) is 0 Å². The molecular formula is C23H26F3N5O3. The number of hydrogen-bond acceptors (Lipinski definition) is 7. The molecule has 0 bridgehead atoms. The van der Waals surface area contributed by atoms with Crippen molar-refractivity contribution in [3.05, 3.63) is 41.4 Å². The second-order valence-electron chi connectivity index (χ2n) is 8.51. The number of piperazine rings is 1. The van der Waals surface area contributed by atoms with Crippen molar-refractivity contribution in [1.29, 1.82) is 0 Å². The lowest BCUT2D eigenvalue weighted by Crippen LogP contribution is -2.52. The number of pyridine rings is 1. The first kappa shape index (κ1) is 24.0. The van der Waals surface area contributed by atoms with E-state index in [2.05, 4.69) is 14.9 Å². The van der Waals surface area contributed by atoms with Crippen molar-refractivity contribution in [1.82, 2.24) is 19.8 Å². The van der Waals surface area contributed by atoms with E-state index < -0.39 is 17.9 Å². The number of hydrogen-bond donors (Lipinski definition) is 1. The normalized spacial score (nSPS) is 18.4. The summed E-state index contributed by atoms with van der Waals surface area (Å²) in [5.41, 5.74) is 5.53. The fourth-order valence-electron chi connectivity index (χ4n) is 3.99. The molecule has 3 heterocycles. The summed E-state index contributed by atoms with van der Waals surface area (Å²) < 4.78 is 50.9. The summed E-state index contributed by atoms with van der Waals surface area (Å²) >= 11 is 0. The van der Waals surface area contributed by atoms with Crippen LogP contribution in [0.5, 0.6) is 5.75 Å². The summed E-state index contributed by atoms with van der Waals surface area (Å²) in [5, 5.41) is 0.344. The largest absolute Gasteiger partial charge is 0.494 e. The monoisotopic (exact) mass is 477 g/mol. The molecule has 0 unspecified atom stereocenters. The molecule has 2 atom stereocenters. The van der Waals surface area contributed by atoms with Crippen LogP contribution in [0.1, 0.15) is 41.8 Å². The molecule has 0 spiro atoms. The number of nitrogens with zero attached hydrogens (tertiary/aromatic N) is 4. The number of carbonyl (C=O) groups excluding carboxylic acids is 1. The number of halogens is 3. The van der Waals surface area contributed by atoms with E-state index in [0.717, 1.165) is 12.6 Å². The molecule has 1 aliphatic heterocycles. The Kier molecular flexibility index (Phi) is 6.26. The fourth-order valence-corrected chi connectivity index (χ4v) is 3.99. The molecule has 0 radical (unpaired) electrons. The Labute approximate surface area is 194 Å². The van der Waals surface area contributed by atoms with Gasteiger partial charge in [0.2, 0.25) is 5.89 Å². The molecule has 182 valence electrons. The summed E-state index contributed by atoms with van der Waals surface area (Å²) in [7, 11) is 3.35. The molecule has 3 aromatic rings. The molecule has 8 nitrogen and oxygen atoms in total. The number of oxazole rings is 1. The number of benzene rings is 1. The third-order valence-electron chi connectivity index (χ3n) is 6.08. The molecule has 2 aromatic heterocycles. The second kappa shape index (κ2) is 8.88. The number of carbonyl (C=O) groups is 1. The van der Waals surface area contributed by atoms with Crippen molar-refractivity contribution >= 4 is 16.8 Å². The molecule has 1 aromatic carbocycles. The van der Waals surface area contributed by atoms with E-state index in [9.17, 15) is 18.0 Å². The molecule has 1 amide bonds. The van der Waals surface area contributed by atoms with Crippen molar-refractivity contribution in [3.63, 3.8) is 0 Å². The maximum Gasteiger partial charge on any atom is 0.433 e. The molecule has 34 heavy (non-hydrogen) atoms. The van der Waals surface area contributed by atoms with Crippen molar-refractivity contribution in [2.45, 2.75) is 32.1 Å². The Balaban J connectivity index is 1.81. The van der Waals surface area contributed by atoms with Gasteiger partial charge >= 0.3 is 6.18 Å². The lowest BCUT2D eigenvalue weighted by molar-refractivity contribution is -0.140. The molecule has 4 rings (SSSR count). The minimum atomic E-state index is -4.61. The van der Waals surface area contributed by atoms with Crippen LogP contribution in [0.15, 0.2) is 28.7 Å². The van der Waals surface area contributed by atoms with E-state index >= 15 is 0 Å². The SMILES string of the molecule is COc1ccc(-c2nc(C(=O)N3CCN(C)[C@@H](C)C3)c([C@H](C)N)o2)c2ccc(C(F)(F)F)nc12. The number of amides is 1. The summed E-state index contributed by atoms with van der Waals surface area (Å²) in [6, 6.07) is 4.84. The van der Waals surface area contributed by atoms with E-state index in [1.807, 2.05) is 14.0 Å². The summed E-state index contributed by atoms with van der Waals surface area (Å²) in [6.07, 6.45) is -4.61. The molecule has 11 heteroatoms. The first-order chi connectivity index (χ1) is 16.0. The van der Waals surface area contributed by atoms with E-state index in [1.165, 1.54) is 19.2 Å². The number of methoxy groups -OCH3 is 1. The van der Waals surface area contributed by atoms with Crippen LogP contribution in [0, 0.1) is 0 Å². The summed E-state index contributed by atoms with van der Waals surface area (Å²) in [5.74, 6) is 0.173. The van der Waals surface area contributed by atoms with E-state index in [1.54, 1.807) is 17.9 Å². The Bertz CT molecular complexity index is 1220. The Morgan fingerprint density at radius 1 is 1.24 bits per heavy atom. The minimum Gasteiger partial charge on any atom is -0.494 e. The first-order valence-corrected chi connectivity index (χ1v) is 10.8. The van der Waals surface area contributed by atoms with Crippen molar-refractivity contribution in [2.75, 3.05) is 33.8 Å². The van der Waals surface area contributed by atoms with Gasteiger partial charge in [0.15, 0.2) is 11.5 Å². The van der Waals surface area contributed by atoms with Crippen molar-refractivity contribution in [2.24, 2.45) is 5.73 Å². The van der Waals surface area contributed by atoms with Crippen LogP contribution >= 0.6 is 0 Å². The van der Waals surface area contributed by atoms with Crippen LogP contribution in [0.2, 0.25) is 0 Å². The zero-order chi connectivity index (χ0) is 24.8. The number of nitrogens with two attached hydrogens (primary N) is 1. The van der Waals surface area contributed by atoms with Crippen LogP contribution in [0.4, 0.5) is 13.2 Å². The zero-order valence-electron chi connectivity index (χ0n) is 19.3. The number of aromatic nitrogens is 2. The van der Waals surface area contributed by atoms with Crippen LogP contribution in [-0.4, -0.2) is 65.5 Å². The average molecular weight is 477 g/mol.